The Morgan fingerprint density at radius 2 is 2.19 bits per heavy atom. The van der Waals surface area contributed by atoms with Crippen molar-refractivity contribution < 1.29 is 9.90 Å². The Balaban J connectivity index is 3.22. The maximum atomic E-state index is 11.1. The van der Waals surface area contributed by atoms with Crippen molar-refractivity contribution in [2.45, 2.75) is 26.8 Å². The highest BCUT2D eigenvalue weighted by atomic mass is 16.3. The molecule has 0 bridgehead atoms. The van der Waals surface area contributed by atoms with Gasteiger partial charge in [-0.15, -0.1) is 0 Å². The van der Waals surface area contributed by atoms with Crippen LogP contribution in [0.2, 0.25) is 0 Å². The van der Waals surface area contributed by atoms with E-state index in [1.807, 2.05) is 32.7 Å². The summed E-state index contributed by atoms with van der Waals surface area (Å²) in [6, 6.07) is 0.209. The SMILES string of the molecule is Cc1nn(C)c(N(CCO)C(C)C)c1C=O. The third kappa shape index (κ3) is 2.24. The molecular formula is C11H19N3O2. The van der Waals surface area contributed by atoms with Crippen LogP contribution in [0.15, 0.2) is 0 Å². The molecule has 0 spiro atoms. The van der Waals surface area contributed by atoms with Gasteiger partial charge in [-0.3, -0.25) is 9.48 Å². The molecule has 1 heterocycles. The van der Waals surface area contributed by atoms with Crippen molar-refractivity contribution in [2.75, 3.05) is 18.1 Å². The van der Waals surface area contributed by atoms with Gasteiger partial charge in [-0.1, -0.05) is 0 Å². The summed E-state index contributed by atoms with van der Waals surface area (Å²) >= 11 is 0. The van der Waals surface area contributed by atoms with E-state index in [1.54, 1.807) is 4.68 Å². The largest absolute Gasteiger partial charge is 0.395 e. The van der Waals surface area contributed by atoms with Gasteiger partial charge in [0.1, 0.15) is 5.82 Å². The summed E-state index contributed by atoms with van der Waals surface area (Å²) < 4.78 is 1.69. The van der Waals surface area contributed by atoms with Gasteiger partial charge in [0.05, 0.1) is 17.9 Å². The molecule has 0 aliphatic rings. The Hall–Kier alpha value is -1.36. The van der Waals surface area contributed by atoms with Gasteiger partial charge < -0.3 is 10.0 Å². The number of carbonyl (C=O) groups is 1. The van der Waals surface area contributed by atoms with E-state index in [4.69, 9.17) is 5.11 Å². The first-order valence-electron chi connectivity index (χ1n) is 5.39. The highest BCUT2D eigenvalue weighted by Gasteiger charge is 2.20. The number of nitrogens with zero attached hydrogens (tertiary/aromatic N) is 3. The highest BCUT2D eigenvalue weighted by Crippen LogP contribution is 2.22. The van der Waals surface area contributed by atoms with Gasteiger partial charge in [-0.05, 0) is 20.8 Å². The van der Waals surface area contributed by atoms with Crippen molar-refractivity contribution in [3.63, 3.8) is 0 Å². The van der Waals surface area contributed by atoms with Crippen molar-refractivity contribution in [1.82, 2.24) is 9.78 Å². The summed E-state index contributed by atoms with van der Waals surface area (Å²) in [6.45, 7) is 6.40. The summed E-state index contributed by atoms with van der Waals surface area (Å²) in [6.07, 6.45) is 0.824. The minimum atomic E-state index is 0.0563. The molecule has 0 aromatic carbocycles. The first-order valence-corrected chi connectivity index (χ1v) is 5.39. The number of rotatable bonds is 5. The predicted molar refractivity (Wildman–Crippen MR) is 62.9 cm³/mol. The molecular weight excluding hydrogens is 206 g/mol. The van der Waals surface area contributed by atoms with Gasteiger partial charge >= 0.3 is 0 Å². The van der Waals surface area contributed by atoms with Crippen LogP contribution in [0.25, 0.3) is 0 Å². The third-order valence-electron chi connectivity index (χ3n) is 2.59. The van der Waals surface area contributed by atoms with Crippen molar-refractivity contribution in [3.8, 4) is 0 Å². The second kappa shape index (κ2) is 5.12. The lowest BCUT2D eigenvalue weighted by molar-refractivity contribution is 0.112. The number of aliphatic hydroxyl groups excluding tert-OH is 1. The number of anilines is 1. The Labute approximate surface area is 95.7 Å². The molecule has 0 fully saturated rings. The average Bonchev–Trinajstić information content (AvgIpc) is 2.49. The number of hydrogen-bond acceptors (Lipinski definition) is 4. The standard InChI is InChI=1S/C11H19N3O2/c1-8(2)14(5-6-15)11-10(7-16)9(3)12-13(11)4/h7-8,15H,5-6H2,1-4H3. The van der Waals surface area contributed by atoms with Crippen LogP contribution in [-0.4, -0.2) is 40.4 Å². The van der Waals surface area contributed by atoms with Gasteiger partial charge in [-0.2, -0.15) is 5.10 Å². The Morgan fingerprint density at radius 3 is 2.62 bits per heavy atom. The molecule has 1 rings (SSSR count). The van der Waals surface area contributed by atoms with Gasteiger partial charge in [0.25, 0.3) is 0 Å². The number of aryl methyl sites for hydroxylation is 2. The zero-order valence-corrected chi connectivity index (χ0v) is 10.3. The molecule has 0 saturated heterocycles. The molecule has 1 aromatic heterocycles. The Bertz CT molecular complexity index is 372. The first kappa shape index (κ1) is 12.7. The second-order valence-electron chi connectivity index (χ2n) is 4.07. The molecule has 1 N–H and O–H groups in total. The van der Waals surface area contributed by atoms with Crippen molar-refractivity contribution >= 4 is 12.1 Å². The maximum Gasteiger partial charge on any atom is 0.155 e. The molecule has 0 unspecified atom stereocenters. The fourth-order valence-electron chi connectivity index (χ4n) is 1.86. The van der Waals surface area contributed by atoms with Gasteiger partial charge in [0.15, 0.2) is 6.29 Å². The van der Waals surface area contributed by atoms with Crippen molar-refractivity contribution in [1.29, 1.82) is 0 Å². The molecule has 16 heavy (non-hydrogen) atoms. The molecule has 0 aliphatic heterocycles. The smallest absolute Gasteiger partial charge is 0.155 e. The number of carbonyl (C=O) groups excluding carboxylic acids is 1. The lowest BCUT2D eigenvalue weighted by Crippen LogP contribution is -2.35. The molecule has 90 valence electrons. The fourth-order valence-corrected chi connectivity index (χ4v) is 1.86. The average molecular weight is 225 g/mol. The molecule has 1 aromatic rings. The lowest BCUT2D eigenvalue weighted by atomic mass is 10.2. The number of aromatic nitrogens is 2. The zero-order valence-electron chi connectivity index (χ0n) is 10.3. The Kier molecular flexibility index (Phi) is 4.06. The van der Waals surface area contributed by atoms with Crippen LogP contribution in [0.3, 0.4) is 0 Å². The molecule has 0 radical (unpaired) electrons. The summed E-state index contributed by atoms with van der Waals surface area (Å²) in [5.41, 5.74) is 1.32. The van der Waals surface area contributed by atoms with E-state index in [9.17, 15) is 4.79 Å². The maximum absolute atomic E-state index is 11.1. The third-order valence-corrected chi connectivity index (χ3v) is 2.59. The van der Waals surface area contributed by atoms with Crippen molar-refractivity contribution in [2.24, 2.45) is 7.05 Å². The quantitative estimate of drug-likeness (QED) is 0.751. The normalized spacial score (nSPS) is 10.9. The monoisotopic (exact) mass is 225 g/mol. The summed E-state index contributed by atoms with van der Waals surface area (Å²) in [4.78, 5) is 13.0. The summed E-state index contributed by atoms with van der Waals surface area (Å²) in [5, 5.41) is 13.3. The van der Waals surface area contributed by atoms with Crippen LogP contribution in [0, 0.1) is 6.92 Å². The fraction of sp³-hybridized carbons (Fsp3) is 0.636. The summed E-state index contributed by atoms with van der Waals surface area (Å²) in [5.74, 6) is 0.775. The van der Waals surface area contributed by atoms with E-state index < -0.39 is 0 Å². The van der Waals surface area contributed by atoms with E-state index in [0.717, 1.165) is 17.8 Å². The zero-order chi connectivity index (χ0) is 12.3. The van der Waals surface area contributed by atoms with E-state index in [2.05, 4.69) is 5.10 Å². The summed E-state index contributed by atoms with van der Waals surface area (Å²) in [7, 11) is 1.81. The first-order chi connectivity index (χ1) is 7.52. The molecule has 0 atom stereocenters. The highest BCUT2D eigenvalue weighted by molar-refractivity contribution is 5.84. The van der Waals surface area contributed by atoms with Crippen LogP contribution in [0.5, 0.6) is 0 Å². The number of aliphatic hydroxyl groups is 1. The van der Waals surface area contributed by atoms with Crippen molar-refractivity contribution in [3.05, 3.63) is 11.3 Å². The molecule has 5 nitrogen and oxygen atoms in total. The van der Waals surface area contributed by atoms with E-state index in [1.165, 1.54) is 0 Å². The second-order valence-corrected chi connectivity index (χ2v) is 4.07. The molecule has 0 saturated carbocycles. The van der Waals surface area contributed by atoms with Crippen LogP contribution in [-0.2, 0) is 7.05 Å². The Morgan fingerprint density at radius 1 is 1.56 bits per heavy atom. The molecule has 5 heteroatoms. The van der Waals surface area contributed by atoms with E-state index >= 15 is 0 Å². The number of hydrogen-bond donors (Lipinski definition) is 1. The van der Waals surface area contributed by atoms with Gasteiger partial charge in [0, 0.05) is 19.6 Å². The van der Waals surface area contributed by atoms with Gasteiger partial charge in [-0.25, -0.2) is 0 Å². The topological polar surface area (TPSA) is 58.4 Å². The predicted octanol–water partition coefficient (Wildman–Crippen LogP) is 0.748. The minimum Gasteiger partial charge on any atom is -0.395 e. The molecule has 0 amide bonds. The number of aldehydes is 1. The van der Waals surface area contributed by atoms with Gasteiger partial charge in [0.2, 0.25) is 0 Å². The minimum absolute atomic E-state index is 0.0563. The van der Waals surface area contributed by atoms with E-state index in [-0.39, 0.29) is 12.6 Å². The van der Waals surface area contributed by atoms with Crippen LogP contribution in [0.1, 0.15) is 29.9 Å². The van der Waals surface area contributed by atoms with Crippen LogP contribution < -0.4 is 4.90 Å². The lowest BCUT2D eigenvalue weighted by Gasteiger charge is -2.28. The van der Waals surface area contributed by atoms with Crippen LogP contribution >= 0.6 is 0 Å². The van der Waals surface area contributed by atoms with Crippen LogP contribution in [0.4, 0.5) is 5.82 Å². The molecule has 0 aliphatic carbocycles. The van der Waals surface area contributed by atoms with E-state index in [0.29, 0.717) is 12.1 Å².